The predicted octanol–water partition coefficient (Wildman–Crippen LogP) is 1.64. The molecule has 0 aliphatic heterocycles. The predicted molar refractivity (Wildman–Crippen MR) is 74.1 cm³/mol. The van der Waals surface area contributed by atoms with E-state index in [0.29, 0.717) is 13.2 Å². The molecule has 2 aromatic rings. The van der Waals surface area contributed by atoms with E-state index >= 15 is 0 Å². The number of para-hydroxylation sites is 1. The Labute approximate surface area is 113 Å². The molecule has 2 rings (SSSR count). The molecule has 102 valence electrons. The highest BCUT2D eigenvalue weighted by atomic mass is 16.5. The van der Waals surface area contributed by atoms with Crippen LogP contribution < -0.4 is 10.1 Å². The third kappa shape index (κ3) is 3.79. The van der Waals surface area contributed by atoms with Crippen LogP contribution in [0, 0.1) is 0 Å². The van der Waals surface area contributed by atoms with Crippen LogP contribution in [0.15, 0.2) is 30.5 Å². The molecule has 0 aliphatic rings. The molecular formula is C14H20N4O. The van der Waals surface area contributed by atoms with Crippen LogP contribution in [-0.4, -0.2) is 28.6 Å². The Morgan fingerprint density at radius 2 is 2.16 bits per heavy atom. The van der Waals surface area contributed by atoms with Gasteiger partial charge in [0, 0.05) is 12.7 Å². The maximum Gasteiger partial charge on any atom is 0.122 e. The maximum absolute atomic E-state index is 5.80. The van der Waals surface area contributed by atoms with Gasteiger partial charge in [-0.25, -0.2) is 4.68 Å². The van der Waals surface area contributed by atoms with Crippen molar-refractivity contribution < 1.29 is 4.74 Å². The topological polar surface area (TPSA) is 52.0 Å². The fraction of sp³-hybridized carbons (Fsp3) is 0.429. The SMILES string of the molecule is CCc1ccccc1OCCn1cc(CNC)nn1. The lowest BCUT2D eigenvalue weighted by Crippen LogP contribution is -2.09. The number of benzene rings is 1. The van der Waals surface area contributed by atoms with Gasteiger partial charge in [-0.15, -0.1) is 5.10 Å². The lowest BCUT2D eigenvalue weighted by molar-refractivity contribution is 0.287. The summed E-state index contributed by atoms with van der Waals surface area (Å²) in [5.41, 5.74) is 2.17. The van der Waals surface area contributed by atoms with E-state index in [-0.39, 0.29) is 0 Å². The van der Waals surface area contributed by atoms with Gasteiger partial charge in [0.15, 0.2) is 0 Å². The molecule has 1 heterocycles. The molecule has 0 fully saturated rings. The lowest BCUT2D eigenvalue weighted by atomic mass is 10.1. The fourth-order valence-corrected chi connectivity index (χ4v) is 1.90. The zero-order valence-electron chi connectivity index (χ0n) is 11.5. The van der Waals surface area contributed by atoms with Crippen LogP contribution in [0.5, 0.6) is 5.75 Å². The molecule has 5 heteroatoms. The Bertz CT molecular complexity index is 510. The van der Waals surface area contributed by atoms with Crippen molar-refractivity contribution in [3.8, 4) is 5.75 Å². The van der Waals surface area contributed by atoms with Gasteiger partial charge in [0.25, 0.3) is 0 Å². The zero-order valence-corrected chi connectivity index (χ0v) is 11.5. The van der Waals surface area contributed by atoms with Crippen LogP contribution in [0.1, 0.15) is 18.2 Å². The van der Waals surface area contributed by atoms with E-state index in [2.05, 4.69) is 28.6 Å². The molecular weight excluding hydrogens is 240 g/mol. The zero-order chi connectivity index (χ0) is 13.5. The largest absolute Gasteiger partial charge is 0.491 e. The summed E-state index contributed by atoms with van der Waals surface area (Å²) in [6.45, 7) is 4.16. The van der Waals surface area contributed by atoms with Gasteiger partial charge in [0.2, 0.25) is 0 Å². The number of nitrogens with one attached hydrogen (secondary N) is 1. The number of hydrogen-bond donors (Lipinski definition) is 1. The van der Waals surface area contributed by atoms with Crippen molar-refractivity contribution >= 4 is 0 Å². The highest BCUT2D eigenvalue weighted by Crippen LogP contribution is 2.18. The Morgan fingerprint density at radius 3 is 2.95 bits per heavy atom. The van der Waals surface area contributed by atoms with E-state index in [0.717, 1.165) is 24.4 Å². The average Bonchev–Trinajstić information content (AvgIpc) is 2.87. The van der Waals surface area contributed by atoms with Crippen LogP contribution in [0.2, 0.25) is 0 Å². The van der Waals surface area contributed by atoms with Crippen LogP contribution in [-0.2, 0) is 19.5 Å². The molecule has 0 saturated carbocycles. The van der Waals surface area contributed by atoms with Gasteiger partial charge < -0.3 is 10.1 Å². The third-order valence-electron chi connectivity index (χ3n) is 2.88. The first-order chi connectivity index (χ1) is 9.33. The van der Waals surface area contributed by atoms with E-state index in [9.17, 15) is 0 Å². The highest BCUT2D eigenvalue weighted by molar-refractivity contribution is 5.33. The lowest BCUT2D eigenvalue weighted by Gasteiger charge is -2.09. The summed E-state index contributed by atoms with van der Waals surface area (Å²) >= 11 is 0. The smallest absolute Gasteiger partial charge is 0.122 e. The second-order valence-corrected chi connectivity index (χ2v) is 4.31. The van der Waals surface area contributed by atoms with Crippen molar-refractivity contribution in [2.24, 2.45) is 0 Å². The molecule has 0 saturated heterocycles. The van der Waals surface area contributed by atoms with Crippen molar-refractivity contribution in [3.05, 3.63) is 41.7 Å². The Kier molecular flexibility index (Phi) is 4.92. The van der Waals surface area contributed by atoms with Gasteiger partial charge in [0.05, 0.1) is 12.2 Å². The summed E-state index contributed by atoms with van der Waals surface area (Å²) in [5.74, 6) is 0.959. The number of rotatable bonds is 7. The van der Waals surface area contributed by atoms with Gasteiger partial charge >= 0.3 is 0 Å². The second-order valence-electron chi connectivity index (χ2n) is 4.31. The molecule has 0 amide bonds. The van der Waals surface area contributed by atoms with Crippen molar-refractivity contribution in [1.82, 2.24) is 20.3 Å². The molecule has 0 atom stereocenters. The maximum atomic E-state index is 5.80. The number of ether oxygens (including phenoxy) is 1. The van der Waals surface area contributed by atoms with E-state index in [1.165, 1.54) is 5.56 Å². The molecule has 0 unspecified atom stereocenters. The van der Waals surface area contributed by atoms with E-state index in [1.807, 2.05) is 31.4 Å². The molecule has 0 bridgehead atoms. The number of hydrogen-bond acceptors (Lipinski definition) is 4. The molecule has 0 spiro atoms. The summed E-state index contributed by atoms with van der Waals surface area (Å²) in [5, 5.41) is 11.2. The molecule has 0 radical (unpaired) electrons. The summed E-state index contributed by atoms with van der Waals surface area (Å²) < 4.78 is 7.60. The Balaban J connectivity index is 1.85. The summed E-state index contributed by atoms with van der Waals surface area (Å²) in [7, 11) is 1.89. The molecule has 0 aliphatic carbocycles. The second kappa shape index (κ2) is 6.89. The van der Waals surface area contributed by atoms with Crippen LogP contribution in [0.25, 0.3) is 0 Å². The first kappa shape index (κ1) is 13.5. The van der Waals surface area contributed by atoms with Crippen molar-refractivity contribution in [2.75, 3.05) is 13.7 Å². The fourth-order valence-electron chi connectivity index (χ4n) is 1.90. The summed E-state index contributed by atoms with van der Waals surface area (Å²) in [6.07, 6.45) is 2.91. The Hall–Kier alpha value is -1.88. The Morgan fingerprint density at radius 1 is 1.32 bits per heavy atom. The van der Waals surface area contributed by atoms with E-state index in [1.54, 1.807) is 4.68 Å². The van der Waals surface area contributed by atoms with Crippen LogP contribution >= 0.6 is 0 Å². The third-order valence-corrected chi connectivity index (χ3v) is 2.88. The quantitative estimate of drug-likeness (QED) is 0.822. The van der Waals surface area contributed by atoms with E-state index in [4.69, 9.17) is 4.74 Å². The minimum Gasteiger partial charge on any atom is -0.491 e. The van der Waals surface area contributed by atoms with Crippen LogP contribution in [0.3, 0.4) is 0 Å². The first-order valence-corrected chi connectivity index (χ1v) is 6.57. The van der Waals surface area contributed by atoms with Gasteiger partial charge in [-0.2, -0.15) is 0 Å². The molecule has 1 aromatic heterocycles. The van der Waals surface area contributed by atoms with E-state index < -0.39 is 0 Å². The average molecular weight is 260 g/mol. The number of aryl methyl sites for hydroxylation is 1. The minimum atomic E-state index is 0.597. The van der Waals surface area contributed by atoms with Crippen molar-refractivity contribution in [2.45, 2.75) is 26.4 Å². The standard InChI is InChI=1S/C14H20N4O/c1-3-12-6-4-5-7-14(12)19-9-8-18-11-13(10-15-2)16-17-18/h4-7,11,15H,3,8-10H2,1-2H3. The molecule has 19 heavy (non-hydrogen) atoms. The number of aromatic nitrogens is 3. The normalized spacial score (nSPS) is 10.6. The monoisotopic (exact) mass is 260 g/mol. The molecule has 5 nitrogen and oxygen atoms in total. The van der Waals surface area contributed by atoms with Gasteiger partial charge in [-0.1, -0.05) is 30.3 Å². The summed E-state index contributed by atoms with van der Waals surface area (Å²) in [6, 6.07) is 8.13. The number of nitrogens with zero attached hydrogens (tertiary/aromatic N) is 3. The molecule has 1 aromatic carbocycles. The van der Waals surface area contributed by atoms with Crippen LogP contribution in [0.4, 0.5) is 0 Å². The van der Waals surface area contributed by atoms with Gasteiger partial charge in [0.1, 0.15) is 12.4 Å². The molecule has 1 N–H and O–H groups in total. The minimum absolute atomic E-state index is 0.597. The van der Waals surface area contributed by atoms with Crippen molar-refractivity contribution in [3.63, 3.8) is 0 Å². The van der Waals surface area contributed by atoms with Gasteiger partial charge in [-0.3, -0.25) is 0 Å². The van der Waals surface area contributed by atoms with Crippen molar-refractivity contribution in [1.29, 1.82) is 0 Å². The summed E-state index contributed by atoms with van der Waals surface area (Å²) in [4.78, 5) is 0. The van der Waals surface area contributed by atoms with Gasteiger partial charge in [-0.05, 0) is 25.1 Å². The highest BCUT2D eigenvalue weighted by Gasteiger charge is 2.02. The first-order valence-electron chi connectivity index (χ1n) is 6.57.